The molecule has 1 amide bonds. The van der Waals surface area contributed by atoms with Gasteiger partial charge in [-0.1, -0.05) is 38.5 Å². The average molecular weight is 367 g/mol. The minimum absolute atomic E-state index is 0.0403. The van der Waals surface area contributed by atoms with Crippen LogP contribution >= 0.6 is 0 Å². The summed E-state index contributed by atoms with van der Waals surface area (Å²) in [5.74, 6) is 0.137. The van der Waals surface area contributed by atoms with Gasteiger partial charge in [0.05, 0.1) is 30.2 Å². The standard InChI is InChI=1S/C22H30N4O/c1-22(2)13-19(24-21(27)16-25-11-7-4-8-12-25)18-15-23-26(20(18)14-22)17-9-5-3-6-10-17/h3,5-6,9-10,15,19H,4,7-8,11-14,16H2,1-2H3,(H,24,27)/t19-/m0/s1. The summed E-state index contributed by atoms with van der Waals surface area (Å²) in [5.41, 5.74) is 3.60. The highest BCUT2D eigenvalue weighted by atomic mass is 16.2. The lowest BCUT2D eigenvalue weighted by molar-refractivity contribution is -0.123. The molecule has 1 N–H and O–H groups in total. The second kappa shape index (κ2) is 7.47. The van der Waals surface area contributed by atoms with Crippen LogP contribution in [-0.2, 0) is 11.2 Å². The number of rotatable bonds is 4. The number of amides is 1. The molecular weight excluding hydrogens is 336 g/mol. The number of likely N-dealkylation sites (tertiary alicyclic amines) is 1. The topological polar surface area (TPSA) is 50.2 Å². The largest absolute Gasteiger partial charge is 0.348 e. The number of nitrogens with one attached hydrogen (secondary N) is 1. The number of nitrogens with zero attached hydrogens (tertiary/aromatic N) is 3. The van der Waals surface area contributed by atoms with E-state index in [9.17, 15) is 4.79 Å². The lowest BCUT2D eigenvalue weighted by Crippen LogP contribution is -2.43. The Morgan fingerprint density at radius 2 is 1.93 bits per heavy atom. The predicted molar refractivity (Wildman–Crippen MR) is 107 cm³/mol. The van der Waals surface area contributed by atoms with E-state index >= 15 is 0 Å². The first-order valence-corrected chi connectivity index (χ1v) is 10.2. The van der Waals surface area contributed by atoms with Gasteiger partial charge in [-0.05, 0) is 56.3 Å². The average Bonchev–Trinajstić information content (AvgIpc) is 3.06. The molecule has 0 radical (unpaired) electrons. The number of hydrogen-bond donors (Lipinski definition) is 1. The van der Waals surface area contributed by atoms with Crippen LogP contribution in [0, 0.1) is 5.41 Å². The minimum Gasteiger partial charge on any atom is -0.348 e. The molecule has 27 heavy (non-hydrogen) atoms. The van der Waals surface area contributed by atoms with E-state index in [4.69, 9.17) is 0 Å². The number of aromatic nitrogens is 2. The highest BCUT2D eigenvalue weighted by Crippen LogP contribution is 2.41. The Morgan fingerprint density at radius 1 is 1.19 bits per heavy atom. The smallest absolute Gasteiger partial charge is 0.234 e. The molecular formula is C22H30N4O. The van der Waals surface area contributed by atoms with Gasteiger partial charge in [0.1, 0.15) is 0 Å². The van der Waals surface area contributed by atoms with Crippen LogP contribution < -0.4 is 5.32 Å². The van der Waals surface area contributed by atoms with E-state index in [1.54, 1.807) is 0 Å². The molecule has 1 atom stereocenters. The molecule has 0 unspecified atom stereocenters. The maximum absolute atomic E-state index is 12.7. The van der Waals surface area contributed by atoms with Crippen LogP contribution in [-0.4, -0.2) is 40.2 Å². The number of carbonyl (C=O) groups excluding carboxylic acids is 1. The summed E-state index contributed by atoms with van der Waals surface area (Å²) in [7, 11) is 0. The Kier molecular flexibility index (Phi) is 5.04. The quantitative estimate of drug-likeness (QED) is 0.901. The maximum atomic E-state index is 12.7. The molecule has 1 fully saturated rings. The Morgan fingerprint density at radius 3 is 2.67 bits per heavy atom. The van der Waals surface area contributed by atoms with Gasteiger partial charge in [0.15, 0.2) is 0 Å². The first-order valence-electron chi connectivity index (χ1n) is 10.2. The lowest BCUT2D eigenvalue weighted by atomic mass is 9.74. The summed E-state index contributed by atoms with van der Waals surface area (Å²) in [5, 5.41) is 7.97. The molecule has 2 aliphatic rings. The van der Waals surface area contributed by atoms with Crippen LogP contribution in [0.15, 0.2) is 36.5 Å². The first kappa shape index (κ1) is 18.2. The number of benzene rings is 1. The molecule has 1 saturated heterocycles. The van der Waals surface area contributed by atoms with Crippen molar-refractivity contribution in [1.29, 1.82) is 0 Å². The molecule has 0 spiro atoms. The highest BCUT2D eigenvalue weighted by Gasteiger charge is 2.36. The molecule has 2 aromatic rings. The van der Waals surface area contributed by atoms with Gasteiger partial charge in [-0.15, -0.1) is 0 Å². The third kappa shape index (κ3) is 4.08. The molecule has 5 heteroatoms. The van der Waals surface area contributed by atoms with Crippen molar-refractivity contribution >= 4 is 5.91 Å². The van der Waals surface area contributed by atoms with Crippen molar-refractivity contribution in [2.45, 2.75) is 52.0 Å². The summed E-state index contributed by atoms with van der Waals surface area (Å²) in [6.45, 7) is 7.16. The summed E-state index contributed by atoms with van der Waals surface area (Å²) in [4.78, 5) is 15.0. The predicted octanol–water partition coefficient (Wildman–Crippen LogP) is 3.49. The fourth-order valence-corrected chi connectivity index (χ4v) is 4.52. The lowest BCUT2D eigenvalue weighted by Gasteiger charge is -2.36. The number of hydrogen-bond acceptors (Lipinski definition) is 3. The monoisotopic (exact) mass is 366 g/mol. The Balaban J connectivity index is 1.54. The molecule has 144 valence electrons. The van der Waals surface area contributed by atoms with Gasteiger partial charge in [0.2, 0.25) is 5.91 Å². The zero-order chi connectivity index (χ0) is 18.9. The molecule has 5 nitrogen and oxygen atoms in total. The van der Waals surface area contributed by atoms with E-state index in [0.29, 0.717) is 6.54 Å². The molecule has 0 saturated carbocycles. The van der Waals surface area contributed by atoms with Crippen LogP contribution in [0.5, 0.6) is 0 Å². The van der Waals surface area contributed by atoms with Crippen molar-refractivity contribution in [3.05, 3.63) is 47.8 Å². The van der Waals surface area contributed by atoms with E-state index < -0.39 is 0 Å². The van der Waals surface area contributed by atoms with Gasteiger partial charge in [-0.25, -0.2) is 4.68 Å². The van der Waals surface area contributed by atoms with Gasteiger partial charge in [0, 0.05) is 5.56 Å². The summed E-state index contributed by atoms with van der Waals surface area (Å²) < 4.78 is 2.04. The van der Waals surface area contributed by atoms with Gasteiger partial charge in [-0.2, -0.15) is 5.10 Å². The van der Waals surface area contributed by atoms with Crippen molar-refractivity contribution in [1.82, 2.24) is 20.0 Å². The van der Waals surface area contributed by atoms with Crippen LogP contribution in [0.4, 0.5) is 0 Å². The van der Waals surface area contributed by atoms with Crippen molar-refractivity contribution < 1.29 is 4.79 Å². The van der Waals surface area contributed by atoms with Gasteiger partial charge in [-0.3, -0.25) is 9.69 Å². The molecule has 2 heterocycles. The van der Waals surface area contributed by atoms with Crippen LogP contribution in [0.25, 0.3) is 5.69 Å². The normalized spacial score (nSPS) is 22.2. The zero-order valence-electron chi connectivity index (χ0n) is 16.4. The third-order valence-electron chi connectivity index (χ3n) is 5.83. The number of piperidine rings is 1. The summed E-state index contributed by atoms with van der Waals surface area (Å²) in [6, 6.07) is 10.3. The highest BCUT2D eigenvalue weighted by molar-refractivity contribution is 5.78. The molecule has 1 aromatic carbocycles. The molecule has 4 rings (SSSR count). The zero-order valence-corrected chi connectivity index (χ0v) is 16.4. The summed E-state index contributed by atoms with van der Waals surface area (Å²) >= 11 is 0. The van der Waals surface area contributed by atoms with Crippen molar-refractivity contribution in [3.8, 4) is 5.69 Å². The Labute approximate surface area is 161 Å². The summed E-state index contributed by atoms with van der Waals surface area (Å²) in [6.07, 6.45) is 7.57. The van der Waals surface area contributed by atoms with Gasteiger partial charge < -0.3 is 5.32 Å². The second-order valence-electron chi connectivity index (χ2n) is 8.80. The maximum Gasteiger partial charge on any atom is 0.234 e. The van der Waals surface area contributed by atoms with Crippen LogP contribution in [0.2, 0.25) is 0 Å². The van der Waals surface area contributed by atoms with Gasteiger partial charge in [0.25, 0.3) is 0 Å². The fourth-order valence-electron chi connectivity index (χ4n) is 4.52. The number of para-hydroxylation sites is 1. The SMILES string of the molecule is CC1(C)Cc2c(cnn2-c2ccccc2)[C@@H](NC(=O)CN2CCCCC2)C1. The van der Waals surface area contributed by atoms with E-state index in [1.807, 2.05) is 29.1 Å². The second-order valence-corrected chi connectivity index (χ2v) is 8.80. The Hall–Kier alpha value is -2.14. The van der Waals surface area contributed by atoms with Crippen LogP contribution in [0.3, 0.4) is 0 Å². The minimum atomic E-state index is 0.0403. The fraction of sp³-hybridized carbons (Fsp3) is 0.545. The molecule has 1 aliphatic carbocycles. The van der Waals surface area contributed by atoms with Crippen LogP contribution in [0.1, 0.15) is 56.8 Å². The van der Waals surface area contributed by atoms with E-state index in [-0.39, 0.29) is 17.4 Å². The van der Waals surface area contributed by atoms with Crippen molar-refractivity contribution in [2.75, 3.05) is 19.6 Å². The van der Waals surface area contributed by atoms with Crippen molar-refractivity contribution in [3.63, 3.8) is 0 Å². The van der Waals surface area contributed by atoms with Crippen molar-refractivity contribution in [2.24, 2.45) is 5.41 Å². The molecule has 0 bridgehead atoms. The molecule has 1 aliphatic heterocycles. The number of carbonyl (C=O) groups is 1. The van der Waals surface area contributed by atoms with E-state index in [2.05, 4.69) is 41.3 Å². The van der Waals surface area contributed by atoms with E-state index in [0.717, 1.165) is 31.6 Å². The first-order chi connectivity index (χ1) is 13.0. The van der Waals surface area contributed by atoms with E-state index in [1.165, 1.54) is 30.5 Å². The number of fused-ring (bicyclic) bond motifs is 1. The molecule has 1 aromatic heterocycles. The Bertz CT molecular complexity index is 790. The third-order valence-corrected chi connectivity index (χ3v) is 5.83. The van der Waals surface area contributed by atoms with Gasteiger partial charge >= 0.3 is 0 Å².